The molecule has 0 saturated heterocycles. The molecule has 0 aromatic carbocycles. The Morgan fingerprint density at radius 3 is 2.38 bits per heavy atom. The number of hydrogen-bond donors (Lipinski definition) is 5. The second-order valence-corrected chi connectivity index (χ2v) is 12.7. The molecule has 3 aliphatic rings. The van der Waals surface area contributed by atoms with Gasteiger partial charge in [0.25, 0.3) is 0 Å². The number of nitrogens with zero attached hydrogens (tertiary/aromatic N) is 4. The molecule has 0 aliphatic heterocycles. The topological polar surface area (TPSA) is 136 Å². The number of aliphatic hydroxyl groups excluding tert-OH is 2. The van der Waals surface area contributed by atoms with E-state index in [0.29, 0.717) is 30.1 Å². The molecule has 0 amide bonds. The van der Waals surface area contributed by atoms with Gasteiger partial charge in [-0.15, -0.1) is 11.3 Å². The van der Waals surface area contributed by atoms with Crippen LogP contribution in [0.25, 0.3) is 20.8 Å². The summed E-state index contributed by atoms with van der Waals surface area (Å²) in [5, 5.41) is 40.0. The minimum atomic E-state index is -1.12. The van der Waals surface area contributed by atoms with Crippen LogP contribution < -0.4 is 10.6 Å². The van der Waals surface area contributed by atoms with Crippen LogP contribution in [0.15, 0.2) is 12.3 Å². The monoisotopic (exact) mass is 524 g/mol. The summed E-state index contributed by atoms with van der Waals surface area (Å²) >= 11 is 1.56. The molecule has 37 heavy (non-hydrogen) atoms. The fourth-order valence-corrected chi connectivity index (χ4v) is 7.69. The predicted molar refractivity (Wildman–Crippen MR) is 145 cm³/mol. The maximum Gasteiger partial charge on any atom is 0.225 e. The van der Waals surface area contributed by atoms with Gasteiger partial charge in [0.2, 0.25) is 5.95 Å². The highest BCUT2D eigenvalue weighted by Crippen LogP contribution is 2.48. The molecule has 10 heteroatoms. The van der Waals surface area contributed by atoms with Crippen LogP contribution in [0.1, 0.15) is 57.3 Å². The molecule has 7 atom stereocenters. The lowest BCUT2D eigenvalue weighted by Gasteiger charge is -2.34. The highest BCUT2D eigenvalue weighted by Gasteiger charge is 2.48. The molecular weight excluding hydrogens is 488 g/mol. The third-order valence-corrected chi connectivity index (χ3v) is 9.90. The van der Waals surface area contributed by atoms with Gasteiger partial charge in [-0.1, -0.05) is 0 Å². The fourth-order valence-electron chi connectivity index (χ4n) is 6.58. The van der Waals surface area contributed by atoms with Gasteiger partial charge in [0.15, 0.2) is 0 Å². The van der Waals surface area contributed by atoms with Crippen LogP contribution in [0.5, 0.6) is 0 Å². The van der Waals surface area contributed by atoms with E-state index in [4.69, 9.17) is 15.0 Å². The lowest BCUT2D eigenvalue weighted by atomic mass is 9.75. The molecule has 3 fully saturated rings. The Labute approximate surface area is 220 Å². The first-order chi connectivity index (χ1) is 17.6. The SMILES string of the molecule is Cc1nc(N[C@@H]2CC[C@H]3CC[C@H]32)nc(N[C@@H]2C[C@H](C(C)(C)O)[C@@H](O)[C@H]2O)c1-c1nc2c(C)nccc2s1. The van der Waals surface area contributed by atoms with E-state index in [0.717, 1.165) is 44.5 Å². The van der Waals surface area contributed by atoms with Crippen LogP contribution in [0.3, 0.4) is 0 Å². The van der Waals surface area contributed by atoms with Crippen LogP contribution in [0, 0.1) is 31.6 Å². The quantitative estimate of drug-likeness (QED) is 0.327. The molecule has 6 rings (SSSR count). The third kappa shape index (κ3) is 4.37. The highest BCUT2D eigenvalue weighted by atomic mass is 32.1. The van der Waals surface area contributed by atoms with Gasteiger partial charge in [0, 0.05) is 18.2 Å². The number of rotatable bonds is 6. The van der Waals surface area contributed by atoms with Gasteiger partial charge in [0.05, 0.1) is 39.4 Å². The number of pyridine rings is 1. The van der Waals surface area contributed by atoms with Crippen LogP contribution in [-0.2, 0) is 0 Å². The van der Waals surface area contributed by atoms with Gasteiger partial charge in [-0.3, -0.25) is 4.98 Å². The zero-order valence-corrected chi connectivity index (χ0v) is 22.6. The zero-order valence-electron chi connectivity index (χ0n) is 21.8. The van der Waals surface area contributed by atoms with Gasteiger partial charge in [-0.05, 0) is 77.7 Å². The first-order valence-corrected chi connectivity index (χ1v) is 14.1. The summed E-state index contributed by atoms with van der Waals surface area (Å²) in [7, 11) is 0. The second-order valence-electron chi connectivity index (χ2n) is 11.7. The number of hydrogen-bond acceptors (Lipinski definition) is 10. The van der Waals surface area contributed by atoms with E-state index in [-0.39, 0.29) is 0 Å². The Morgan fingerprint density at radius 1 is 0.946 bits per heavy atom. The molecule has 3 aromatic heterocycles. The van der Waals surface area contributed by atoms with E-state index in [1.54, 1.807) is 31.4 Å². The smallest absolute Gasteiger partial charge is 0.225 e. The van der Waals surface area contributed by atoms with Gasteiger partial charge in [-0.2, -0.15) is 4.98 Å². The Kier molecular flexibility index (Phi) is 6.13. The minimum absolute atomic E-state index is 0.381. The number of aromatic nitrogens is 4. The standard InChI is InChI=1S/C27H36N6O3S/c1-12-20(25-32-21-13(2)28-10-9-19(21)37-25)24(30-18-11-16(27(3,4)36)22(34)23(18)35)33-26(29-12)31-17-8-6-14-5-7-15(14)17/h9-10,14-18,22-23,34-36H,5-8,11H2,1-4H3,(H2,29,30,31,33)/t14-,15-,16+,17-,18-,22-,23+/m1/s1. The molecule has 5 N–H and O–H groups in total. The molecule has 198 valence electrons. The molecule has 0 spiro atoms. The van der Waals surface area contributed by atoms with Crippen LogP contribution in [0.4, 0.5) is 11.8 Å². The Bertz CT molecular complexity index is 1320. The lowest BCUT2D eigenvalue weighted by molar-refractivity contribution is -0.0601. The normalized spacial score (nSPS) is 31.4. The molecule has 3 aliphatic carbocycles. The Morgan fingerprint density at radius 2 is 1.73 bits per heavy atom. The molecule has 0 bridgehead atoms. The average Bonchev–Trinajstić information content (AvgIpc) is 3.43. The minimum Gasteiger partial charge on any atom is -0.390 e. The van der Waals surface area contributed by atoms with Gasteiger partial charge >= 0.3 is 0 Å². The number of anilines is 2. The molecule has 3 heterocycles. The maximum absolute atomic E-state index is 10.9. The second kappa shape index (κ2) is 9.11. The van der Waals surface area contributed by atoms with Crippen molar-refractivity contribution < 1.29 is 15.3 Å². The van der Waals surface area contributed by atoms with E-state index in [2.05, 4.69) is 15.6 Å². The number of fused-ring (bicyclic) bond motifs is 2. The van der Waals surface area contributed by atoms with Crippen LogP contribution in [-0.4, -0.2) is 65.1 Å². The van der Waals surface area contributed by atoms with E-state index in [1.807, 2.05) is 19.9 Å². The van der Waals surface area contributed by atoms with E-state index in [9.17, 15) is 15.3 Å². The lowest BCUT2D eigenvalue weighted by Crippen LogP contribution is -2.40. The summed E-state index contributed by atoms with van der Waals surface area (Å²) in [5.41, 5.74) is 2.18. The van der Waals surface area contributed by atoms with Gasteiger partial charge in [-0.25, -0.2) is 9.97 Å². The van der Waals surface area contributed by atoms with Crippen molar-refractivity contribution in [2.45, 2.75) is 89.7 Å². The predicted octanol–water partition coefficient (Wildman–Crippen LogP) is 3.66. The zero-order chi connectivity index (χ0) is 26.1. The summed E-state index contributed by atoms with van der Waals surface area (Å²) in [5.74, 6) is 2.21. The Hall–Kier alpha value is -2.40. The van der Waals surface area contributed by atoms with Crippen molar-refractivity contribution in [1.82, 2.24) is 19.9 Å². The number of aliphatic hydroxyl groups is 3. The summed E-state index contributed by atoms with van der Waals surface area (Å²) in [6.45, 7) is 7.25. The summed E-state index contributed by atoms with van der Waals surface area (Å²) in [6, 6.07) is 1.86. The van der Waals surface area contributed by atoms with Crippen LogP contribution in [0.2, 0.25) is 0 Å². The van der Waals surface area contributed by atoms with Gasteiger partial charge in [0.1, 0.15) is 22.4 Å². The summed E-state index contributed by atoms with van der Waals surface area (Å²) < 4.78 is 1.04. The Balaban J connectivity index is 1.38. The molecular formula is C27H36N6O3S. The largest absolute Gasteiger partial charge is 0.390 e. The molecule has 0 unspecified atom stereocenters. The first-order valence-electron chi connectivity index (χ1n) is 13.3. The van der Waals surface area contributed by atoms with Crippen molar-refractivity contribution >= 4 is 33.3 Å². The van der Waals surface area contributed by atoms with Crippen molar-refractivity contribution in [3.05, 3.63) is 23.7 Å². The summed E-state index contributed by atoms with van der Waals surface area (Å²) in [4.78, 5) is 19.1. The fraction of sp³-hybridized carbons (Fsp3) is 0.630. The van der Waals surface area contributed by atoms with Crippen LogP contribution >= 0.6 is 11.3 Å². The molecule has 3 saturated carbocycles. The van der Waals surface area contributed by atoms with Crippen molar-refractivity contribution in [2.24, 2.45) is 17.8 Å². The number of aryl methyl sites for hydroxylation is 2. The first kappa shape index (κ1) is 24.9. The van der Waals surface area contributed by atoms with Crippen molar-refractivity contribution in [3.63, 3.8) is 0 Å². The summed E-state index contributed by atoms with van der Waals surface area (Å²) in [6.07, 6.45) is 5.10. The number of nitrogens with one attached hydrogen (secondary N) is 2. The van der Waals surface area contributed by atoms with Gasteiger partial charge < -0.3 is 26.0 Å². The van der Waals surface area contributed by atoms with E-state index >= 15 is 0 Å². The highest BCUT2D eigenvalue weighted by molar-refractivity contribution is 7.21. The molecule has 9 nitrogen and oxygen atoms in total. The maximum atomic E-state index is 10.9. The molecule has 3 aromatic rings. The average molecular weight is 525 g/mol. The van der Waals surface area contributed by atoms with E-state index in [1.165, 1.54) is 19.3 Å². The van der Waals surface area contributed by atoms with Crippen molar-refractivity contribution in [1.29, 1.82) is 0 Å². The van der Waals surface area contributed by atoms with Crippen molar-refractivity contribution in [2.75, 3.05) is 10.6 Å². The van der Waals surface area contributed by atoms with Crippen molar-refractivity contribution in [3.8, 4) is 10.6 Å². The van der Waals surface area contributed by atoms with E-state index < -0.39 is 29.8 Å². The number of thiazole rings is 1. The molecule has 0 radical (unpaired) electrons. The third-order valence-electron chi connectivity index (χ3n) is 8.86.